The van der Waals surface area contributed by atoms with Gasteiger partial charge in [0, 0.05) is 16.7 Å². The molecule has 4 aromatic rings. The van der Waals surface area contributed by atoms with E-state index in [1.54, 1.807) is 0 Å². The standard InChI is InChI=1S/C25H26N2O2S2/c1-15(2)18-5-7-19(8-6-18)21-14-31-24-22(21)23(28)26-25(27-24)30-10-9-29-20-12-16(3)11-17(4)13-20/h5-8,11-15H,9-10H2,1-4H3,(H,26,27,28). The Morgan fingerprint density at radius 1 is 1.10 bits per heavy atom. The molecule has 0 amide bonds. The predicted octanol–water partition coefficient (Wildman–Crippen LogP) is 6.56. The van der Waals surface area contributed by atoms with Crippen molar-refractivity contribution in [3.63, 3.8) is 0 Å². The highest BCUT2D eigenvalue weighted by molar-refractivity contribution is 7.99. The van der Waals surface area contributed by atoms with Gasteiger partial charge in [-0.05, 0) is 54.2 Å². The Bertz CT molecular complexity index is 1240. The van der Waals surface area contributed by atoms with Gasteiger partial charge in [0.2, 0.25) is 0 Å². The topological polar surface area (TPSA) is 55.0 Å². The summed E-state index contributed by atoms with van der Waals surface area (Å²) < 4.78 is 5.86. The van der Waals surface area contributed by atoms with Gasteiger partial charge in [-0.1, -0.05) is 55.9 Å². The minimum atomic E-state index is -0.0908. The van der Waals surface area contributed by atoms with E-state index >= 15 is 0 Å². The SMILES string of the molecule is Cc1cc(C)cc(OCCSc2nc3scc(-c4ccc(C(C)C)cc4)c3c(=O)[nH]2)c1. The highest BCUT2D eigenvalue weighted by atomic mass is 32.2. The lowest BCUT2D eigenvalue weighted by Gasteiger charge is -2.08. The van der Waals surface area contributed by atoms with Crippen LogP contribution in [0.15, 0.2) is 57.8 Å². The van der Waals surface area contributed by atoms with Gasteiger partial charge in [-0.3, -0.25) is 4.79 Å². The molecule has 1 N–H and O–H groups in total. The molecule has 0 saturated heterocycles. The Balaban J connectivity index is 1.46. The lowest BCUT2D eigenvalue weighted by Crippen LogP contribution is -2.09. The van der Waals surface area contributed by atoms with Crippen LogP contribution in [0.4, 0.5) is 0 Å². The van der Waals surface area contributed by atoms with Crippen molar-refractivity contribution in [2.75, 3.05) is 12.4 Å². The third-order valence-corrected chi connectivity index (χ3v) is 6.81. The van der Waals surface area contributed by atoms with Crippen LogP contribution in [0.25, 0.3) is 21.3 Å². The molecule has 4 nitrogen and oxygen atoms in total. The van der Waals surface area contributed by atoms with Crippen LogP contribution in [-0.4, -0.2) is 22.3 Å². The highest BCUT2D eigenvalue weighted by Gasteiger charge is 2.13. The van der Waals surface area contributed by atoms with E-state index in [4.69, 9.17) is 4.74 Å². The molecule has 0 bridgehead atoms. The minimum absolute atomic E-state index is 0.0908. The van der Waals surface area contributed by atoms with Gasteiger partial charge in [-0.25, -0.2) is 4.98 Å². The molecule has 2 aromatic carbocycles. The fourth-order valence-electron chi connectivity index (χ4n) is 3.57. The summed E-state index contributed by atoms with van der Waals surface area (Å²) in [5.74, 6) is 2.06. The summed E-state index contributed by atoms with van der Waals surface area (Å²) in [6.45, 7) is 9.03. The van der Waals surface area contributed by atoms with Crippen LogP contribution in [-0.2, 0) is 0 Å². The highest BCUT2D eigenvalue weighted by Crippen LogP contribution is 2.32. The second kappa shape index (κ2) is 9.28. The second-order valence-corrected chi connectivity index (χ2v) is 9.94. The Kier molecular flexibility index (Phi) is 6.49. The molecule has 0 aliphatic carbocycles. The van der Waals surface area contributed by atoms with Crippen LogP contribution in [0, 0.1) is 13.8 Å². The van der Waals surface area contributed by atoms with Gasteiger partial charge in [-0.15, -0.1) is 11.3 Å². The Hall–Kier alpha value is -2.57. The molecule has 0 fully saturated rings. The van der Waals surface area contributed by atoms with Crippen molar-refractivity contribution >= 4 is 33.3 Å². The molecule has 2 aromatic heterocycles. The Morgan fingerprint density at radius 2 is 1.81 bits per heavy atom. The van der Waals surface area contributed by atoms with Crippen molar-refractivity contribution in [2.45, 2.75) is 38.8 Å². The van der Waals surface area contributed by atoms with Gasteiger partial charge in [0.25, 0.3) is 5.56 Å². The van der Waals surface area contributed by atoms with E-state index in [0.29, 0.717) is 28.8 Å². The summed E-state index contributed by atoms with van der Waals surface area (Å²) in [4.78, 5) is 21.2. The number of ether oxygens (including phenoxy) is 1. The molecule has 2 heterocycles. The van der Waals surface area contributed by atoms with E-state index in [2.05, 4.69) is 68.0 Å². The van der Waals surface area contributed by atoms with Crippen molar-refractivity contribution in [1.29, 1.82) is 0 Å². The molecule has 4 rings (SSSR count). The van der Waals surface area contributed by atoms with Crippen molar-refractivity contribution in [3.8, 4) is 16.9 Å². The van der Waals surface area contributed by atoms with Gasteiger partial charge in [-0.2, -0.15) is 0 Å². The summed E-state index contributed by atoms with van der Waals surface area (Å²) >= 11 is 3.01. The molecule has 0 aliphatic rings. The summed E-state index contributed by atoms with van der Waals surface area (Å²) in [7, 11) is 0. The third-order valence-electron chi connectivity index (χ3n) is 5.10. The maximum atomic E-state index is 12.8. The van der Waals surface area contributed by atoms with E-state index in [1.807, 2.05) is 17.5 Å². The van der Waals surface area contributed by atoms with E-state index in [0.717, 1.165) is 21.7 Å². The first-order chi connectivity index (χ1) is 14.9. The average molecular weight is 451 g/mol. The van der Waals surface area contributed by atoms with Crippen LogP contribution in [0.1, 0.15) is 36.5 Å². The summed E-state index contributed by atoms with van der Waals surface area (Å²) in [6, 6.07) is 14.6. The fourth-order valence-corrected chi connectivity index (χ4v) is 5.26. The van der Waals surface area contributed by atoms with Crippen LogP contribution in [0.3, 0.4) is 0 Å². The number of fused-ring (bicyclic) bond motifs is 1. The second-order valence-electron chi connectivity index (χ2n) is 8.00. The summed E-state index contributed by atoms with van der Waals surface area (Å²) in [5, 5.41) is 3.32. The Morgan fingerprint density at radius 3 is 2.48 bits per heavy atom. The van der Waals surface area contributed by atoms with Crippen LogP contribution < -0.4 is 10.3 Å². The van der Waals surface area contributed by atoms with Crippen LogP contribution in [0.5, 0.6) is 5.75 Å². The maximum absolute atomic E-state index is 12.8. The number of hydrogen-bond acceptors (Lipinski definition) is 5. The molecule has 0 radical (unpaired) electrons. The smallest absolute Gasteiger partial charge is 0.260 e. The number of H-pyrrole nitrogens is 1. The molecule has 160 valence electrons. The zero-order valence-electron chi connectivity index (χ0n) is 18.2. The molecule has 31 heavy (non-hydrogen) atoms. The van der Waals surface area contributed by atoms with E-state index in [-0.39, 0.29) is 5.56 Å². The number of thiophene rings is 1. The zero-order chi connectivity index (χ0) is 22.0. The van der Waals surface area contributed by atoms with Gasteiger partial charge in [0.1, 0.15) is 10.6 Å². The van der Waals surface area contributed by atoms with Gasteiger partial charge in [0.05, 0.1) is 12.0 Å². The minimum Gasteiger partial charge on any atom is -0.493 e. The number of hydrogen-bond donors (Lipinski definition) is 1. The zero-order valence-corrected chi connectivity index (χ0v) is 19.8. The van der Waals surface area contributed by atoms with E-state index in [9.17, 15) is 4.79 Å². The largest absolute Gasteiger partial charge is 0.493 e. The molecule has 6 heteroatoms. The number of aromatic nitrogens is 2. The monoisotopic (exact) mass is 450 g/mol. The van der Waals surface area contributed by atoms with Gasteiger partial charge < -0.3 is 9.72 Å². The molecule has 0 spiro atoms. The molecular weight excluding hydrogens is 424 g/mol. The maximum Gasteiger partial charge on any atom is 0.260 e. The molecule has 0 atom stereocenters. The fraction of sp³-hybridized carbons (Fsp3) is 0.280. The van der Waals surface area contributed by atoms with Gasteiger partial charge >= 0.3 is 0 Å². The van der Waals surface area contributed by atoms with Gasteiger partial charge in [0.15, 0.2) is 5.16 Å². The average Bonchev–Trinajstić information content (AvgIpc) is 3.15. The summed E-state index contributed by atoms with van der Waals surface area (Å²) in [6.07, 6.45) is 0. The number of nitrogens with one attached hydrogen (secondary N) is 1. The molecular formula is C25H26N2O2S2. The molecule has 0 saturated carbocycles. The van der Waals surface area contributed by atoms with Crippen molar-refractivity contribution < 1.29 is 4.74 Å². The number of thioether (sulfide) groups is 1. The number of aromatic amines is 1. The van der Waals surface area contributed by atoms with Crippen molar-refractivity contribution in [2.24, 2.45) is 0 Å². The van der Waals surface area contributed by atoms with Crippen LogP contribution >= 0.6 is 23.1 Å². The van der Waals surface area contributed by atoms with E-state index < -0.39 is 0 Å². The summed E-state index contributed by atoms with van der Waals surface area (Å²) in [5.41, 5.74) is 5.56. The third kappa shape index (κ3) is 5.02. The van der Waals surface area contributed by atoms with Crippen LogP contribution in [0.2, 0.25) is 0 Å². The number of aryl methyl sites for hydroxylation is 2. The first-order valence-electron chi connectivity index (χ1n) is 10.4. The predicted molar refractivity (Wildman–Crippen MR) is 132 cm³/mol. The number of nitrogens with zero attached hydrogens (tertiary/aromatic N) is 1. The Labute approximate surface area is 190 Å². The van der Waals surface area contributed by atoms with Crippen molar-refractivity contribution in [3.05, 3.63) is 74.9 Å². The molecule has 0 aliphatic heterocycles. The lowest BCUT2D eigenvalue weighted by molar-refractivity contribution is 0.343. The lowest BCUT2D eigenvalue weighted by atomic mass is 9.99. The van der Waals surface area contributed by atoms with Crippen molar-refractivity contribution in [1.82, 2.24) is 9.97 Å². The normalized spacial score (nSPS) is 11.4. The first-order valence-corrected chi connectivity index (χ1v) is 12.2. The van der Waals surface area contributed by atoms with E-state index in [1.165, 1.54) is 39.8 Å². The first kappa shape index (κ1) is 21.7. The molecule has 0 unspecified atom stereocenters. The quantitative estimate of drug-likeness (QED) is 0.197. The number of benzene rings is 2. The number of rotatable bonds is 7.